The maximum Gasteiger partial charge on any atom is 0.276 e. The number of para-hydroxylation sites is 2. The topological polar surface area (TPSA) is 99.7 Å². The van der Waals surface area contributed by atoms with Crippen LogP contribution in [0.1, 0.15) is 31.3 Å². The van der Waals surface area contributed by atoms with Gasteiger partial charge >= 0.3 is 0 Å². The molecule has 210 valence electrons. The molecule has 2 aliphatic heterocycles. The van der Waals surface area contributed by atoms with Gasteiger partial charge in [0.2, 0.25) is 0 Å². The van der Waals surface area contributed by atoms with Gasteiger partial charge < -0.3 is 15.1 Å². The first-order valence-corrected chi connectivity index (χ1v) is 15.9. The molecule has 0 bridgehead atoms. The Labute approximate surface area is 241 Å². The van der Waals surface area contributed by atoms with Gasteiger partial charge in [-0.25, -0.2) is 17.8 Å². The quantitative estimate of drug-likeness (QED) is 0.361. The van der Waals surface area contributed by atoms with E-state index in [0.717, 1.165) is 16.0 Å². The molecule has 8 nitrogen and oxygen atoms in total. The molecule has 1 fully saturated rings. The lowest BCUT2D eigenvalue weighted by molar-refractivity contribution is 0.0981. The number of anilines is 3. The van der Waals surface area contributed by atoms with E-state index in [0.29, 0.717) is 48.0 Å². The number of halogens is 1. The lowest BCUT2D eigenvalue weighted by Gasteiger charge is -2.28. The summed E-state index contributed by atoms with van der Waals surface area (Å²) in [5, 5.41) is 2.72. The molecule has 0 radical (unpaired) electrons. The van der Waals surface area contributed by atoms with Crippen LogP contribution in [0.3, 0.4) is 0 Å². The smallest absolute Gasteiger partial charge is 0.276 e. The Morgan fingerprint density at radius 1 is 0.976 bits per heavy atom. The van der Waals surface area contributed by atoms with E-state index in [1.54, 1.807) is 42.2 Å². The molecule has 2 amide bonds. The molecule has 0 aliphatic carbocycles. The highest BCUT2D eigenvalue weighted by atomic mass is 32.2. The summed E-state index contributed by atoms with van der Waals surface area (Å²) in [7, 11) is -3.04. The van der Waals surface area contributed by atoms with Crippen molar-refractivity contribution in [2.75, 3.05) is 46.3 Å². The predicted molar refractivity (Wildman–Crippen MR) is 159 cm³/mol. The summed E-state index contributed by atoms with van der Waals surface area (Å²) in [6.07, 6.45) is 0.516. The summed E-state index contributed by atoms with van der Waals surface area (Å²) in [5.74, 6) is -0.420. The number of pyridine rings is 1. The largest absolute Gasteiger partial charge is 0.355 e. The number of rotatable bonds is 4. The van der Waals surface area contributed by atoms with E-state index < -0.39 is 15.7 Å². The Morgan fingerprint density at radius 3 is 2.51 bits per heavy atom. The summed E-state index contributed by atoms with van der Waals surface area (Å²) in [4.78, 5) is 36.5. The molecule has 6 rings (SSSR count). The second kappa shape index (κ2) is 10.7. The number of carbonyl (C=O) groups is 2. The molecule has 4 heterocycles. The van der Waals surface area contributed by atoms with Crippen LogP contribution in [0.4, 0.5) is 21.6 Å². The molecule has 1 N–H and O–H groups in total. The molecule has 2 aromatic heterocycles. The van der Waals surface area contributed by atoms with Gasteiger partial charge in [0.05, 0.1) is 27.8 Å². The van der Waals surface area contributed by atoms with Crippen LogP contribution in [0.5, 0.6) is 0 Å². The van der Waals surface area contributed by atoms with Crippen molar-refractivity contribution in [1.29, 1.82) is 0 Å². The minimum absolute atomic E-state index is 0.0642. The number of aromatic nitrogens is 1. The highest BCUT2D eigenvalue weighted by molar-refractivity contribution is 7.91. The zero-order valence-corrected chi connectivity index (χ0v) is 23.9. The minimum atomic E-state index is -3.04. The molecule has 4 aromatic rings. The number of sulfone groups is 1. The Bertz CT molecular complexity index is 1750. The van der Waals surface area contributed by atoms with E-state index in [1.165, 1.54) is 17.4 Å². The summed E-state index contributed by atoms with van der Waals surface area (Å²) in [5.41, 5.74) is 3.56. The van der Waals surface area contributed by atoms with E-state index >= 15 is 0 Å². The number of hydrogen-bond donors (Lipinski definition) is 1. The van der Waals surface area contributed by atoms with E-state index in [1.807, 2.05) is 35.2 Å². The van der Waals surface area contributed by atoms with Gasteiger partial charge in [0, 0.05) is 30.1 Å². The third-order valence-electron chi connectivity index (χ3n) is 7.40. The van der Waals surface area contributed by atoms with Crippen LogP contribution in [-0.2, 0) is 16.3 Å². The van der Waals surface area contributed by atoms with E-state index in [2.05, 4.69) is 10.3 Å². The van der Waals surface area contributed by atoms with Crippen LogP contribution in [0.2, 0.25) is 0 Å². The average Bonchev–Trinajstić information content (AvgIpc) is 3.33. The molecule has 2 aromatic carbocycles. The zero-order chi connectivity index (χ0) is 28.7. The number of amides is 2. The molecule has 0 saturated carbocycles. The SMILES string of the molecule is Cc1cccc(F)c1NC(=O)c1cc2c(s1)-c1ccccc1N(C(=O)c1cccc(N3CCS(=O)(=O)CC3)n1)CC2. The average molecular weight is 591 g/mol. The third-order valence-corrected chi connectivity index (χ3v) is 10.2. The van der Waals surface area contributed by atoms with Crippen LogP contribution in [0.25, 0.3) is 10.4 Å². The van der Waals surface area contributed by atoms with Crippen LogP contribution >= 0.6 is 11.3 Å². The van der Waals surface area contributed by atoms with Crippen LogP contribution < -0.4 is 15.1 Å². The van der Waals surface area contributed by atoms with Gasteiger partial charge in [-0.2, -0.15) is 0 Å². The number of hydrogen-bond acceptors (Lipinski definition) is 7. The number of thiophene rings is 1. The first-order valence-electron chi connectivity index (χ1n) is 13.2. The lowest BCUT2D eigenvalue weighted by Crippen LogP contribution is -2.41. The maximum atomic E-state index is 14.3. The summed E-state index contributed by atoms with van der Waals surface area (Å²) < 4.78 is 38.0. The Morgan fingerprint density at radius 2 is 1.73 bits per heavy atom. The monoisotopic (exact) mass is 590 g/mol. The molecule has 1 saturated heterocycles. The molecular weight excluding hydrogens is 563 g/mol. The standard InChI is InChI=1S/C30H27FN4O4S2/c1-19-6-4-8-22(31)27(19)33-29(36)25-18-20-12-13-35(24-10-3-2-7-21(24)28(20)40-25)30(37)23-9-5-11-26(32-23)34-14-16-41(38,39)17-15-34/h2-11,18H,12-17H2,1H3,(H,33,36). The fourth-order valence-electron chi connectivity index (χ4n) is 5.18. The van der Waals surface area contributed by atoms with Crippen LogP contribution in [0.15, 0.2) is 66.7 Å². The van der Waals surface area contributed by atoms with Gasteiger partial charge in [-0.1, -0.05) is 36.4 Å². The van der Waals surface area contributed by atoms with Gasteiger partial charge in [-0.3, -0.25) is 9.59 Å². The minimum Gasteiger partial charge on any atom is -0.355 e. The van der Waals surface area contributed by atoms with Gasteiger partial charge in [0.1, 0.15) is 17.3 Å². The highest BCUT2D eigenvalue weighted by Crippen LogP contribution is 2.42. The molecule has 2 aliphatic rings. The third kappa shape index (κ3) is 5.34. The Hall–Kier alpha value is -4.09. The maximum absolute atomic E-state index is 14.3. The highest BCUT2D eigenvalue weighted by Gasteiger charge is 2.29. The second-order valence-electron chi connectivity index (χ2n) is 10.1. The molecule has 0 spiro atoms. The van der Waals surface area contributed by atoms with Crippen molar-refractivity contribution in [2.24, 2.45) is 0 Å². The van der Waals surface area contributed by atoms with Gasteiger partial charge in [-0.05, 0) is 54.8 Å². The van der Waals surface area contributed by atoms with Crippen molar-refractivity contribution in [3.05, 3.63) is 94.2 Å². The van der Waals surface area contributed by atoms with Crippen LogP contribution in [0, 0.1) is 12.7 Å². The first kappa shape index (κ1) is 27.1. The van der Waals surface area contributed by atoms with Crippen LogP contribution in [-0.4, -0.2) is 56.4 Å². The molecular formula is C30H27FN4O4S2. The van der Waals surface area contributed by atoms with Gasteiger partial charge in [0.15, 0.2) is 9.84 Å². The van der Waals surface area contributed by atoms with E-state index in [-0.39, 0.29) is 34.7 Å². The fraction of sp³-hybridized carbons (Fsp3) is 0.233. The molecule has 11 heteroatoms. The summed E-state index contributed by atoms with van der Waals surface area (Å²) >= 11 is 1.32. The molecule has 0 unspecified atom stereocenters. The van der Waals surface area contributed by atoms with Crippen molar-refractivity contribution >= 4 is 50.2 Å². The Balaban J connectivity index is 1.28. The number of fused-ring (bicyclic) bond motifs is 3. The number of benzene rings is 2. The number of carbonyl (C=O) groups excluding carboxylic acids is 2. The molecule has 0 atom stereocenters. The van der Waals surface area contributed by atoms with Crippen molar-refractivity contribution in [3.63, 3.8) is 0 Å². The predicted octanol–water partition coefficient (Wildman–Crippen LogP) is 4.95. The summed E-state index contributed by atoms with van der Waals surface area (Å²) in [6.45, 7) is 2.80. The van der Waals surface area contributed by atoms with E-state index in [4.69, 9.17) is 0 Å². The van der Waals surface area contributed by atoms with Crippen molar-refractivity contribution in [3.8, 4) is 10.4 Å². The van der Waals surface area contributed by atoms with Gasteiger partial charge in [-0.15, -0.1) is 11.3 Å². The first-order chi connectivity index (χ1) is 19.7. The normalized spacial score (nSPS) is 16.0. The Kier molecular flexibility index (Phi) is 7.08. The number of nitrogens with zero attached hydrogens (tertiary/aromatic N) is 3. The fourth-order valence-corrected chi connectivity index (χ4v) is 7.52. The lowest BCUT2D eigenvalue weighted by atomic mass is 10.1. The van der Waals surface area contributed by atoms with Crippen molar-refractivity contribution in [2.45, 2.75) is 13.3 Å². The van der Waals surface area contributed by atoms with Crippen molar-refractivity contribution < 1.29 is 22.4 Å². The zero-order valence-electron chi connectivity index (χ0n) is 22.3. The molecule has 41 heavy (non-hydrogen) atoms. The number of nitrogens with one attached hydrogen (secondary N) is 1. The van der Waals surface area contributed by atoms with Gasteiger partial charge in [0.25, 0.3) is 11.8 Å². The van der Waals surface area contributed by atoms with E-state index in [9.17, 15) is 22.4 Å². The summed E-state index contributed by atoms with van der Waals surface area (Å²) in [6, 6.07) is 19.3. The number of aryl methyl sites for hydroxylation is 1. The van der Waals surface area contributed by atoms with Crippen molar-refractivity contribution in [1.82, 2.24) is 4.98 Å². The second-order valence-corrected chi connectivity index (χ2v) is 13.5.